The second-order valence-electron chi connectivity index (χ2n) is 6.41. The monoisotopic (exact) mass is 379 g/mol. The fourth-order valence-electron chi connectivity index (χ4n) is 3.21. The quantitative estimate of drug-likeness (QED) is 0.652. The molecule has 1 aliphatic rings. The lowest BCUT2D eigenvalue weighted by atomic mass is 10.2. The molecule has 138 valence electrons. The molecule has 4 rings (SSSR count). The summed E-state index contributed by atoms with van der Waals surface area (Å²) in [6.45, 7) is 5.08. The number of anilines is 1. The third kappa shape index (κ3) is 3.83. The van der Waals surface area contributed by atoms with Gasteiger partial charge >= 0.3 is 0 Å². The number of carbonyl (C=O) groups is 1. The Balaban J connectivity index is 1.42. The van der Waals surface area contributed by atoms with Gasteiger partial charge in [-0.2, -0.15) is 0 Å². The predicted octanol–water partition coefficient (Wildman–Crippen LogP) is 3.01. The first-order chi connectivity index (χ1) is 13.2. The summed E-state index contributed by atoms with van der Waals surface area (Å²) >= 11 is 1.73. The summed E-state index contributed by atoms with van der Waals surface area (Å²) in [7, 11) is 0. The molecule has 0 atom stereocenters. The van der Waals surface area contributed by atoms with Crippen LogP contribution in [0.3, 0.4) is 0 Å². The molecule has 3 aromatic heterocycles. The molecule has 0 bridgehead atoms. The zero-order valence-corrected chi connectivity index (χ0v) is 16.0. The van der Waals surface area contributed by atoms with E-state index in [2.05, 4.69) is 32.8 Å². The zero-order chi connectivity index (χ0) is 18.6. The minimum atomic E-state index is 0.0372. The van der Waals surface area contributed by atoms with Crippen molar-refractivity contribution in [1.82, 2.24) is 19.9 Å². The van der Waals surface area contributed by atoms with Crippen LogP contribution in [-0.2, 0) is 11.2 Å². The van der Waals surface area contributed by atoms with Crippen molar-refractivity contribution in [2.24, 2.45) is 0 Å². The Labute approximate surface area is 162 Å². The lowest BCUT2D eigenvalue weighted by molar-refractivity contribution is -0.126. The molecular weight excluding hydrogens is 358 g/mol. The molecule has 1 fully saturated rings. The van der Waals surface area contributed by atoms with E-state index in [9.17, 15) is 4.79 Å². The lowest BCUT2D eigenvalue weighted by Gasteiger charge is -2.35. The second-order valence-corrected chi connectivity index (χ2v) is 7.53. The van der Waals surface area contributed by atoms with E-state index in [0.29, 0.717) is 13.1 Å². The summed E-state index contributed by atoms with van der Waals surface area (Å²) < 4.78 is 0. The Morgan fingerprint density at radius 2 is 2.11 bits per heavy atom. The molecule has 3 aromatic rings. The first-order valence-electron chi connectivity index (χ1n) is 9.10. The average Bonchev–Trinajstić information content (AvgIpc) is 3.16. The van der Waals surface area contributed by atoms with Crippen LogP contribution in [0.5, 0.6) is 0 Å². The SMILES string of the molecule is CCc1cc2c(N3CCN(C(=O)/C=C/c4cccnc4)CC3)ncnc2s1. The minimum Gasteiger partial charge on any atom is -0.352 e. The molecule has 0 aliphatic carbocycles. The third-order valence-corrected chi connectivity index (χ3v) is 5.89. The van der Waals surface area contributed by atoms with Crippen LogP contribution in [0, 0.1) is 0 Å². The number of piperazine rings is 1. The van der Waals surface area contributed by atoms with Crippen LogP contribution < -0.4 is 4.90 Å². The Kier molecular flexibility index (Phi) is 5.11. The molecule has 1 saturated heterocycles. The van der Waals surface area contributed by atoms with E-state index >= 15 is 0 Å². The van der Waals surface area contributed by atoms with E-state index in [4.69, 9.17) is 0 Å². The van der Waals surface area contributed by atoms with Crippen molar-refractivity contribution in [3.8, 4) is 0 Å². The number of pyridine rings is 1. The van der Waals surface area contributed by atoms with Crippen molar-refractivity contribution in [3.05, 3.63) is 53.4 Å². The second kappa shape index (κ2) is 7.84. The Morgan fingerprint density at radius 3 is 2.85 bits per heavy atom. The number of aryl methyl sites for hydroxylation is 1. The topological polar surface area (TPSA) is 62.2 Å². The normalized spacial score (nSPS) is 15.0. The van der Waals surface area contributed by atoms with Crippen LogP contribution in [0.4, 0.5) is 5.82 Å². The number of amides is 1. The number of carbonyl (C=O) groups excluding carboxylic acids is 1. The van der Waals surface area contributed by atoms with Gasteiger partial charge in [-0.15, -0.1) is 11.3 Å². The van der Waals surface area contributed by atoms with Crippen molar-refractivity contribution in [3.63, 3.8) is 0 Å². The average molecular weight is 379 g/mol. The van der Waals surface area contributed by atoms with Gasteiger partial charge in [-0.1, -0.05) is 13.0 Å². The molecule has 7 heteroatoms. The first kappa shape index (κ1) is 17.6. The molecule has 0 aromatic carbocycles. The summed E-state index contributed by atoms with van der Waals surface area (Å²) in [6, 6.07) is 5.99. The standard InChI is InChI=1S/C20H21N5OS/c1-2-16-12-17-19(22-14-23-20(17)27-16)25-10-8-24(9-11-25)18(26)6-5-15-4-3-7-21-13-15/h3-7,12-14H,2,8-11H2,1H3/b6-5+. The largest absolute Gasteiger partial charge is 0.352 e. The van der Waals surface area contributed by atoms with Crippen molar-refractivity contribution in [2.75, 3.05) is 31.1 Å². The molecular formula is C20H21N5OS. The van der Waals surface area contributed by atoms with Gasteiger partial charge in [0.05, 0.1) is 5.39 Å². The highest BCUT2D eigenvalue weighted by Gasteiger charge is 2.22. The lowest BCUT2D eigenvalue weighted by Crippen LogP contribution is -2.48. The van der Waals surface area contributed by atoms with Gasteiger partial charge in [-0.3, -0.25) is 9.78 Å². The van der Waals surface area contributed by atoms with Gasteiger partial charge in [0.2, 0.25) is 5.91 Å². The summed E-state index contributed by atoms with van der Waals surface area (Å²) in [5, 5.41) is 1.12. The summed E-state index contributed by atoms with van der Waals surface area (Å²) in [6.07, 6.45) is 9.55. The van der Waals surface area contributed by atoms with Crippen molar-refractivity contribution in [2.45, 2.75) is 13.3 Å². The number of fused-ring (bicyclic) bond motifs is 1. The zero-order valence-electron chi connectivity index (χ0n) is 15.2. The van der Waals surface area contributed by atoms with Crippen LogP contribution in [-0.4, -0.2) is 51.9 Å². The minimum absolute atomic E-state index is 0.0372. The number of hydrogen-bond donors (Lipinski definition) is 0. The fourth-order valence-corrected chi connectivity index (χ4v) is 4.13. The molecule has 1 amide bonds. The van der Waals surface area contributed by atoms with E-state index in [1.807, 2.05) is 23.1 Å². The van der Waals surface area contributed by atoms with Gasteiger partial charge in [0.25, 0.3) is 0 Å². The van der Waals surface area contributed by atoms with Gasteiger partial charge in [0.1, 0.15) is 17.0 Å². The summed E-state index contributed by atoms with van der Waals surface area (Å²) in [5.74, 6) is 1.02. The molecule has 27 heavy (non-hydrogen) atoms. The molecule has 0 N–H and O–H groups in total. The molecule has 0 spiro atoms. The Hall–Kier alpha value is -2.80. The maximum Gasteiger partial charge on any atom is 0.246 e. The van der Waals surface area contributed by atoms with Crippen molar-refractivity contribution in [1.29, 1.82) is 0 Å². The van der Waals surface area contributed by atoms with Crippen LogP contribution >= 0.6 is 11.3 Å². The first-order valence-corrected chi connectivity index (χ1v) is 9.91. The summed E-state index contributed by atoms with van der Waals surface area (Å²) in [4.78, 5) is 31.9. The van der Waals surface area contributed by atoms with Crippen LogP contribution in [0.15, 0.2) is 43.0 Å². The van der Waals surface area contributed by atoms with E-state index in [1.165, 1.54) is 4.88 Å². The van der Waals surface area contributed by atoms with Gasteiger partial charge in [0, 0.05) is 49.5 Å². The smallest absolute Gasteiger partial charge is 0.246 e. The highest BCUT2D eigenvalue weighted by molar-refractivity contribution is 7.18. The van der Waals surface area contributed by atoms with E-state index in [-0.39, 0.29) is 5.91 Å². The molecule has 1 aliphatic heterocycles. The number of thiophene rings is 1. The van der Waals surface area contributed by atoms with Gasteiger partial charge < -0.3 is 9.80 Å². The number of nitrogens with zero attached hydrogens (tertiary/aromatic N) is 5. The number of rotatable bonds is 4. The van der Waals surface area contributed by atoms with E-state index in [1.54, 1.807) is 36.1 Å². The predicted molar refractivity (Wildman–Crippen MR) is 109 cm³/mol. The highest BCUT2D eigenvalue weighted by atomic mass is 32.1. The molecule has 0 unspecified atom stereocenters. The van der Waals surface area contributed by atoms with E-state index < -0.39 is 0 Å². The fraction of sp³-hybridized carbons (Fsp3) is 0.300. The summed E-state index contributed by atoms with van der Waals surface area (Å²) in [5.41, 5.74) is 0.928. The maximum atomic E-state index is 12.4. The van der Waals surface area contributed by atoms with Gasteiger partial charge in [0.15, 0.2) is 0 Å². The van der Waals surface area contributed by atoms with Crippen molar-refractivity contribution < 1.29 is 4.79 Å². The number of hydrogen-bond acceptors (Lipinski definition) is 6. The number of aromatic nitrogens is 3. The third-order valence-electron chi connectivity index (χ3n) is 4.70. The molecule has 0 radical (unpaired) electrons. The van der Waals surface area contributed by atoms with Crippen molar-refractivity contribution >= 4 is 39.4 Å². The highest BCUT2D eigenvalue weighted by Crippen LogP contribution is 2.30. The van der Waals surface area contributed by atoms with Crippen LogP contribution in [0.1, 0.15) is 17.4 Å². The maximum absolute atomic E-state index is 12.4. The Morgan fingerprint density at radius 1 is 1.26 bits per heavy atom. The molecule has 0 saturated carbocycles. The van der Waals surface area contributed by atoms with Gasteiger partial charge in [-0.05, 0) is 30.2 Å². The Bertz CT molecular complexity index is 961. The molecule has 6 nitrogen and oxygen atoms in total. The van der Waals surface area contributed by atoms with Crippen LogP contribution in [0.25, 0.3) is 16.3 Å². The van der Waals surface area contributed by atoms with Gasteiger partial charge in [-0.25, -0.2) is 9.97 Å². The van der Waals surface area contributed by atoms with E-state index in [0.717, 1.165) is 41.1 Å². The molecule has 4 heterocycles. The van der Waals surface area contributed by atoms with Crippen LogP contribution in [0.2, 0.25) is 0 Å².